The van der Waals surface area contributed by atoms with Crippen LogP contribution in [0.5, 0.6) is 5.75 Å². The van der Waals surface area contributed by atoms with E-state index in [1.54, 1.807) is 0 Å². The fraction of sp³-hybridized carbons (Fsp3) is 0.133. The minimum absolute atomic E-state index is 0.00888. The highest BCUT2D eigenvalue weighted by molar-refractivity contribution is 5.87. The van der Waals surface area contributed by atoms with Crippen LogP contribution in [0.3, 0.4) is 0 Å². The predicted molar refractivity (Wildman–Crippen MR) is 77.8 cm³/mol. The summed E-state index contributed by atoms with van der Waals surface area (Å²) in [5, 5.41) is 10.9. The number of hydrogen-bond acceptors (Lipinski definition) is 6. The summed E-state index contributed by atoms with van der Waals surface area (Å²) in [4.78, 5) is 22.0. The second-order valence-electron chi connectivity index (χ2n) is 4.19. The van der Waals surface area contributed by atoms with Crippen molar-refractivity contribution in [2.45, 2.75) is 0 Å². The first-order valence-corrected chi connectivity index (χ1v) is 6.27. The molecule has 0 aliphatic heterocycles. The first kappa shape index (κ1) is 15.3. The molecule has 22 heavy (non-hydrogen) atoms. The molecule has 1 heterocycles. The summed E-state index contributed by atoms with van der Waals surface area (Å²) in [5.41, 5.74) is 0.266. The van der Waals surface area contributed by atoms with Crippen LogP contribution in [0.25, 0.3) is 11.3 Å². The maximum Gasteiger partial charge on any atom is 0.374 e. The summed E-state index contributed by atoms with van der Waals surface area (Å²) in [6.07, 6.45) is 1.44. The number of non-ortho nitro benzene ring substituents is 1. The van der Waals surface area contributed by atoms with Gasteiger partial charge >= 0.3 is 5.97 Å². The summed E-state index contributed by atoms with van der Waals surface area (Å²) >= 11 is 0. The minimum Gasteiger partial charge on any atom is -0.496 e. The average Bonchev–Trinajstić information content (AvgIpc) is 3.01. The van der Waals surface area contributed by atoms with Crippen LogP contribution in [-0.4, -0.2) is 24.6 Å². The van der Waals surface area contributed by atoms with Gasteiger partial charge in [0.05, 0.1) is 17.6 Å². The van der Waals surface area contributed by atoms with E-state index in [0.717, 1.165) is 0 Å². The summed E-state index contributed by atoms with van der Waals surface area (Å²) in [6, 6.07) is 7.05. The Morgan fingerprint density at radius 3 is 2.82 bits per heavy atom. The van der Waals surface area contributed by atoms with Gasteiger partial charge in [0.25, 0.3) is 5.69 Å². The molecule has 0 saturated heterocycles. The normalized spacial score (nSPS) is 10.0. The third kappa shape index (κ3) is 3.14. The van der Waals surface area contributed by atoms with E-state index in [9.17, 15) is 14.9 Å². The molecule has 1 aromatic carbocycles. The van der Waals surface area contributed by atoms with Gasteiger partial charge in [0.2, 0.25) is 5.76 Å². The van der Waals surface area contributed by atoms with Crippen molar-refractivity contribution in [1.29, 1.82) is 0 Å². The van der Waals surface area contributed by atoms with Crippen LogP contribution in [0.2, 0.25) is 0 Å². The Labute approximate surface area is 125 Å². The number of nitro groups is 1. The van der Waals surface area contributed by atoms with E-state index in [1.165, 1.54) is 43.5 Å². The fourth-order valence-electron chi connectivity index (χ4n) is 1.80. The number of hydrogen-bond donors (Lipinski definition) is 0. The molecular formula is C15H13NO6. The van der Waals surface area contributed by atoms with E-state index in [4.69, 9.17) is 13.9 Å². The van der Waals surface area contributed by atoms with Gasteiger partial charge in [-0.1, -0.05) is 12.7 Å². The lowest BCUT2D eigenvalue weighted by molar-refractivity contribution is -0.384. The zero-order chi connectivity index (χ0) is 16.1. The highest BCUT2D eigenvalue weighted by Gasteiger charge is 2.18. The molecule has 0 fully saturated rings. The maximum atomic E-state index is 11.7. The molecule has 0 N–H and O–H groups in total. The first-order valence-electron chi connectivity index (χ1n) is 6.27. The number of benzene rings is 1. The monoisotopic (exact) mass is 303 g/mol. The van der Waals surface area contributed by atoms with Crippen LogP contribution in [0.1, 0.15) is 10.6 Å². The summed E-state index contributed by atoms with van der Waals surface area (Å²) < 4.78 is 15.4. The number of rotatable bonds is 6. The van der Waals surface area contributed by atoms with Crippen molar-refractivity contribution in [3.63, 3.8) is 0 Å². The van der Waals surface area contributed by atoms with E-state index in [1.807, 2.05) is 0 Å². The molecule has 7 nitrogen and oxygen atoms in total. The van der Waals surface area contributed by atoms with Gasteiger partial charge in [-0.15, -0.1) is 0 Å². The molecule has 2 aromatic rings. The largest absolute Gasteiger partial charge is 0.496 e. The number of furan rings is 1. The van der Waals surface area contributed by atoms with Crippen molar-refractivity contribution >= 4 is 11.7 Å². The van der Waals surface area contributed by atoms with Crippen LogP contribution in [-0.2, 0) is 4.74 Å². The van der Waals surface area contributed by atoms with Crippen molar-refractivity contribution in [3.05, 3.63) is 58.9 Å². The lowest BCUT2D eigenvalue weighted by atomic mass is 10.1. The third-order valence-corrected chi connectivity index (χ3v) is 2.80. The van der Waals surface area contributed by atoms with Crippen molar-refractivity contribution in [1.82, 2.24) is 0 Å². The molecular weight excluding hydrogens is 290 g/mol. The number of methoxy groups -OCH3 is 1. The molecule has 0 radical (unpaired) electrons. The number of esters is 1. The fourth-order valence-corrected chi connectivity index (χ4v) is 1.80. The van der Waals surface area contributed by atoms with Crippen LogP contribution in [0.15, 0.2) is 47.4 Å². The molecule has 1 aromatic heterocycles. The maximum absolute atomic E-state index is 11.7. The molecule has 0 aliphatic carbocycles. The standard InChI is InChI=1S/C15H13NO6/c1-3-8-21-15(17)14-7-6-13(22-14)11-9-10(16(18)19)4-5-12(11)20-2/h3-7,9H,1,8H2,2H3. The van der Waals surface area contributed by atoms with Crippen molar-refractivity contribution in [2.24, 2.45) is 0 Å². The Hall–Kier alpha value is -3.09. The molecule has 0 unspecified atom stereocenters. The molecule has 0 atom stereocenters. The van der Waals surface area contributed by atoms with E-state index in [-0.39, 0.29) is 23.8 Å². The van der Waals surface area contributed by atoms with Crippen LogP contribution < -0.4 is 4.74 Å². The predicted octanol–water partition coefficient (Wildman–Crippen LogP) is 3.21. The summed E-state index contributed by atoms with van der Waals surface area (Å²) in [6.45, 7) is 3.50. The lowest BCUT2D eigenvalue weighted by Gasteiger charge is -2.05. The topological polar surface area (TPSA) is 91.8 Å². The molecule has 0 aliphatic rings. The van der Waals surface area contributed by atoms with Gasteiger partial charge in [-0.2, -0.15) is 0 Å². The quantitative estimate of drug-likeness (QED) is 0.352. The van der Waals surface area contributed by atoms with Gasteiger partial charge < -0.3 is 13.9 Å². The first-order chi connectivity index (χ1) is 10.6. The van der Waals surface area contributed by atoms with Gasteiger partial charge in [-0.3, -0.25) is 10.1 Å². The van der Waals surface area contributed by atoms with Gasteiger partial charge in [0.15, 0.2) is 0 Å². The second-order valence-corrected chi connectivity index (χ2v) is 4.19. The van der Waals surface area contributed by atoms with Crippen molar-refractivity contribution < 1.29 is 23.6 Å². The molecule has 0 spiro atoms. The van der Waals surface area contributed by atoms with E-state index in [2.05, 4.69) is 6.58 Å². The number of carbonyl (C=O) groups excluding carboxylic acids is 1. The highest BCUT2D eigenvalue weighted by Crippen LogP contribution is 2.34. The molecule has 2 rings (SSSR count). The smallest absolute Gasteiger partial charge is 0.374 e. The molecule has 0 amide bonds. The highest BCUT2D eigenvalue weighted by atomic mass is 16.6. The number of ether oxygens (including phenoxy) is 2. The average molecular weight is 303 g/mol. The number of nitrogens with zero attached hydrogens (tertiary/aromatic N) is 1. The van der Waals surface area contributed by atoms with E-state index >= 15 is 0 Å². The van der Waals surface area contributed by atoms with Gasteiger partial charge in [-0.05, 0) is 18.2 Å². The zero-order valence-corrected chi connectivity index (χ0v) is 11.8. The SMILES string of the molecule is C=CCOC(=O)c1ccc(-c2cc([N+](=O)[O-])ccc2OC)o1. The van der Waals surface area contributed by atoms with Crippen molar-refractivity contribution in [3.8, 4) is 17.1 Å². The third-order valence-electron chi connectivity index (χ3n) is 2.80. The van der Waals surface area contributed by atoms with Crippen LogP contribution >= 0.6 is 0 Å². The summed E-state index contributed by atoms with van der Waals surface area (Å²) in [7, 11) is 1.44. The lowest BCUT2D eigenvalue weighted by Crippen LogP contribution is -2.03. The second kappa shape index (κ2) is 6.57. The van der Waals surface area contributed by atoms with Gasteiger partial charge in [-0.25, -0.2) is 4.79 Å². The van der Waals surface area contributed by atoms with E-state index in [0.29, 0.717) is 11.3 Å². The molecule has 114 valence electrons. The Bertz CT molecular complexity index is 719. The van der Waals surface area contributed by atoms with Crippen LogP contribution in [0, 0.1) is 10.1 Å². The molecule has 7 heteroatoms. The zero-order valence-electron chi connectivity index (χ0n) is 11.8. The Morgan fingerprint density at radius 2 is 2.18 bits per heavy atom. The minimum atomic E-state index is -0.643. The Balaban J connectivity index is 2.37. The Morgan fingerprint density at radius 1 is 1.41 bits per heavy atom. The Kier molecular flexibility index (Phi) is 4.57. The van der Waals surface area contributed by atoms with Crippen molar-refractivity contribution in [2.75, 3.05) is 13.7 Å². The summed E-state index contributed by atoms with van der Waals surface area (Å²) in [5.74, 6) is 0.0121. The number of carbonyl (C=O) groups is 1. The molecule has 0 bridgehead atoms. The molecule has 0 saturated carbocycles. The number of nitro benzene ring substituents is 1. The van der Waals surface area contributed by atoms with Gasteiger partial charge in [0.1, 0.15) is 18.1 Å². The van der Waals surface area contributed by atoms with Crippen LogP contribution in [0.4, 0.5) is 5.69 Å². The van der Waals surface area contributed by atoms with E-state index < -0.39 is 10.9 Å². The van der Waals surface area contributed by atoms with Gasteiger partial charge in [0, 0.05) is 12.1 Å².